The van der Waals surface area contributed by atoms with Gasteiger partial charge in [0.25, 0.3) is 5.91 Å². The number of carbonyl (C=O) groups is 1. The highest BCUT2D eigenvalue weighted by Gasteiger charge is 2.32. The van der Waals surface area contributed by atoms with Crippen LogP contribution in [0.3, 0.4) is 0 Å². The van der Waals surface area contributed by atoms with E-state index in [1.54, 1.807) is 23.1 Å². The third-order valence-electron chi connectivity index (χ3n) is 3.55. The van der Waals surface area contributed by atoms with Gasteiger partial charge < -0.3 is 9.64 Å². The van der Waals surface area contributed by atoms with Gasteiger partial charge >= 0.3 is 0 Å². The van der Waals surface area contributed by atoms with Crippen molar-refractivity contribution in [3.63, 3.8) is 0 Å². The molecule has 1 aromatic rings. The topological polar surface area (TPSA) is 29.5 Å². The largest absolute Gasteiger partial charge is 0.482 e. The van der Waals surface area contributed by atoms with Crippen molar-refractivity contribution in [2.45, 2.75) is 25.8 Å². The summed E-state index contributed by atoms with van der Waals surface area (Å²) in [5, 5.41) is 0.960. The molecular formula is C14H17Cl2NO2. The third kappa shape index (κ3) is 3.77. The Balaban J connectivity index is 1.88. The highest BCUT2D eigenvalue weighted by atomic mass is 35.5. The van der Waals surface area contributed by atoms with Crippen molar-refractivity contribution in [2.75, 3.05) is 13.7 Å². The summed E-state index contributed by atoms with van der Waals surface area (Å²) < 4.78 is 5.44. The Bertz CT molecular complexity index is 475. The van der Waals surface area contributed by atoms with Crippen molar-refractivity contribution < 1.29 is 9.53 Å². The number of carbonyl (C=O) groups excluding carboxylic acids is 1. The first-order chi connectivity index (χ1) is 8.99. The molecular weight excluding hydrogens is 285 g/mol. The van der Waals surface area contributed by atoms with E-state index in [1.807, 2.05) is 7.05 Å². The summed E-state index contributed by atoms with van der Waals surface area (Å²) >= 11 is 11.8. The molecule has 1 aliphatic carbocycles. The Labute approximate surface area is 123 Å². The molecule has 5 heteroatoms. The average molecular weight is 302 g/mol. The molecule has 1 saturated carbocycles. The predicted octanol–water partition coefficient (Wildman–Crippen LogP) is 3.63. The Hall–Kier alpha value is -0.930. The van der Waals surface area contributed by atoms with Crippen LogP contribution in [0.1, 0.15) is 19.8 Å². The van der Waals surface area contributed by atoms with Crippen LogP contribution >= 0.6 is 23.2 Å². The van der Waals surface area contributed by atoms with E-state index in [0.29, 0.717) is 21.7 Å². The van der Waals surface area contributed by atoms with E-state index in [4.69, 9.17) is 27.9 Å². The van der Waals surface area contributed by atoms with Crippen LogP contribution in [0.4, 0.5) is 0 Å². The van der Waals surface area contributed by atoms with E-state index in [9.17, 15) is 4.79 Å². The smallest absolute Gasteiger partial charge is 0.260 e. The molecule has 1 atom stereocenters. The van der Waals surface area contributed by atoms with Crippen LogP contribution < -0.4 is 4.74 Å². The molecule has 0 radical (unpaired) electrons. The minimum atomic E-state index is -0.0367. The fourth-order valence-corrected chi connectivity index (χ4v) is 2.42. The molecule has 19 heavy (non-hydrogen) atoms. The van der Waals surface area contributed by atoms with Gasteiger partial charge in [0.2, 0.25) is 0 Å². The molecule has 1 amide bonds. The summed E-state index contributed by atoms with van der Waals surface area (Å²) in [6, 6.07) is 5.22. The fraction of sp³-hybridized carbons (Fsp3) is 0.500. The Morgan fingerprint density at radius 3 is 2.74 bits per heavy atom. The van der Waals surface area contributed by atoms with Gasteiger partial charge in [0.05, 0.1) is 5.02 Å². The van der Waals surface area contributed by atoms with Gasteiger partial charge in [-0.15, -0.1) is 0 Å². The van der Waals surface area contributed by atoms with Crippen LogP contribution in [0.25, 0.3) is 0 Å². The Kier molecular flexibility index (Phi) is 4.58. The van der Waals surface area contributed by atoms with Crippen LogP contribution in [0, 0.1) is 5.92 Å². The van der Waals surface area contributed by atoms with E-state index in [1.165, 1.54) is 12.8 Å². The van der Waals surface area contributed by atoms with Gasteiger partial charge in [-0.05, 0) is 43.9 Å². The second-order valence-electron chi connectivity index (χ2n) is 4.95. The second kappa shape index (κ2) is 6.02. The minimum Gasteiger partial charge on any atom is -0.482 e. The van der Waals surface area contributed by atoms with E-state index in [2.05, 4.69) is 6.92 Å². The predicted molar refractivity (Wildman–Crippen MR) is 76.9 cm³/mol. The molecule has 1 aromatic carbocycles. The molecule has 0 bridgehead atoms. The lowest BCUT2D eigenvalue weighted by Crippen LogP contribution is -2.39. The fourth-order valence-electron chi connectivity index (χ4n) is 1.96. The highest BCUT2D eigenvalue weighted by molar-refractivity contribution is 6.35. The first-order valence-electron chi connectivity index (χ1n) is 6.32. The maximum absolute atomic E-state index is 12.0. The number of benzene rings is 1. The highest BCUT2D eigenvalue weighted by Crippen LogP contribution is 2.34. The van der Waals surface area contributed by atoms with Gasteiger partial charge in [-0.25, -0.2) is 0 Å². The van der Waals surface area contributed by atoms with Crippen molar-refractivity contribution in [1.82, 2.24) is 4.90 Å². The maximum Gasteiger partial charge on any atom is 0.260 e. The standard InChI is InChI=1S/C14H17Cl2NO2/c1-9(10-3-4-10)17(2)14(18)8-19-13-6-5-11(15)7-12(13)16/h5-7,9-10H,3-4,8H2,1-2H3. The van der Waals surface area contributed by atoms with Crippen LogP contribution in [0.5, 0.6) is 5.75 Å². The maximum atomic E-state index is 12.0. The normalized spacial score (nSPS) is 16.0. The van der Waals surface area contributed by atoms with Gasteiger partial charge in [-0.2, -0.15) is 0 Å². The molecule has 1 unspecified atom stereocenters. The number of likely N-dealkylation sites (N-methyl/N-ethyl adjacent to an activating group) is 1. The molecule has 1 fully saturated rings. The molecule has 0 saturated heterocycles. The number of amides is 1. The van der Waals surface area contributed by atoms with Crippen LogP contribution in [-0.2, 0) is 4.79 Å². The minimum absolute atomic E-state index is 0.00505. The van der Waals surface area contributed by atoms with Crippen molar-refractivity contribution in [1.29, 1.82) is 0 Å². The lowest BCUT2D eigenvalue weighted by Gasteiger charge is -2.24. The first-order valence-corrected chi connectivity index (χ1v) is 7.08. The number of ether oxygens (including phenoxy) is 1. The number of nitrogens with zero attached hydrogens (tertiary/aromatic N) is 1. The summed E-state index contributed by atoms with van der Waals surface area (Å²) in [5.41, 5.74) is 0. The van der Waals surface area contributed by atoms with Gasteiger partial charge in [-0.1, -0.05) is 23.2 Å². The molecule has 0 spiro atoms. The van der Waals surface area contributed by atoms with E-state index >= 15 is 0 Å². The average Bonchev–Trinajstić information content (AvgIpc) is 3.20. The summed E-state index contributed by atoms with van der Waals surface area (Å²) in [4.78, 5) is 13.8. The molecule has 0 aromatic heterocycles. The number of hydrogen-bond acceptors (Lipinski definition) is 2. The van der Waals surface area contributed by atoms with E-state index in [0.717, 1.165) is 0 Å². The zero-order valence-corrected chi connectivity index (χ0v) is 12.5. The summed E-state index contributed by atoms with van der Waals surface area (Å²) in [7, 11) is 1.82. The molecule has 3 nitrogen and oxygen atoms in total. The summed E-state index contributed by atoms with van der Waals surface area (Å²) in [5.74, 6) is 1.09. The van der Waals surface area contributed by atoms with Crippen molar-refractivity contribution >= 4 is 29.1 Å². The molecule has 2 rings (SSSR count). The number of hydrogen-bond donors (Lipinski definition) is 0. The van der Waals surface area contributed by atoms with Crippen molar-refractivity contribution in [3.05, 3.63) is 28.2 Å². The molecule has 0 aliphatic heterocycles. The Morgan fingerprint density at radius 2 is 2.16 bits per heavy atom. The van der Waals surface area contributed by atoms with Gasteiger partial charge in [0.1, 0.15) is 5.75 Å². The zero-order chi connectivity index (χ0) is 14.0. The Morgan fingerprint density at radius 1 is 1.47 bits per heavy atom. The molecule has 104 valence electrons. The molecule has 1 aliphatic rings. The van der Waals surface area contributed by atoms with Gasteiger partial charge in [0.15, 0.2) is 6.61 Å². The zero-order valence-electron chi connectivity index (χ0n) is 11.0. The van der Waals surface area contributed by atoms with Gasteiger partial charge in [0, 0.05) is 18.1 Å². The number of rotatable bonds is 5. The summed E-state index contributed by atoms with van der Waals surface area (Å²) in [6.45, 7) is 2.07. The van der Waals surface area contributed by atoms with Crippen molar-refractivity contribution in [2.24, 2.45) is 5.92 Å². The summed E-state index contributed by atoms with van der Waals surface area (Å²) in [6.07, 6.45) is 2.42. The lowest BCUT2D eigenvalue weighted by atomic mass is 10.2. The van der Waals surface area contributed by atoms with Crippen LogP contribution in [0.2, 0.25) is 10.0 Å². The second-order valence-corrected chi connectivity index (χ2v) is 5.79. The molecule has 0 heterocycles. The third-order valence-corrected chi connectivity index (χ3v) is 4.08. The van der Waals surface area contributed by atoms with Crippen LogP contribution in [0.15, 0.2) is 18.2 Å². The van der Waals surface area contributed by atoms with Crippen molar-refractivity contribution in [3.8, 4) is 5.75 Å². The quantitative estimate of drug-likeness (QED) is 0.831. The van der Waals surface area contributed by atoms with Gasteiger partial charge in [-0.3, -0.25) is 4.79 Å². The van der Waals surface area contributed by atoms with E-state index in [-0.39, 0.29) is 18.6 Å². The lowest BCUT2D eigenvalue weighted by molar-refractivity contribution is -0.134. The number of halogens is 2. The molecule has 0 N–H and O–H groups in total. The monoisotopic (exact) mass is 301 g/mol. The SMILES string of the molecule is CC(C1CC1)N(C)C(=O)COc1ccc(Cl)cc1Cl. The van der Waals surface area contributed by atoms with Crippen LogP contribution in [-0.4, -0.2) is 30.5 Å². The van der Waals surface area contributed by atoms with E-state index < -0.39 is 0 Å². The first kappa shape index (κ1) is 14.5.